The number of hydrogen-bond donors (Lipinski definition) is 3. The fraction of sp³-hybridized carbons (Fsp3) is 0.289. The second kappa shape index (κ2) is 13.1. The zero-order valence-corrected chi connectivity index (χ0v) is 26.1. The van der Waals surface area contributed by atoms with Crippen molar-refractivity contribution in [3.8, 4) is 5.75 Å². The molecule has 4 unspecified atom stereocenters. The molecule has 1 aliphatic carbocycles. The lowest BCUT2D eigenvalue weighted by Gasteiger charge is -2.44. The summed E-state index contributed by atoms with van der Waals surface area (Å²) >= 11 is 0. The lowest BCUT2D eigenvalue weighted by Crippen LogP contribution is -2.56. The van der Waals surface area contributed by atoms with E-state index in [1.54, 1.807) is 72.8 Å². The molecule has 0 bridgehead atoms. The molecule has 0 spiro atoms. The molecule has 0 saturated heterocycles. The van der Waals surface area contributed by atoms with Gasteiger partial charge in [-0.05, 0) is 65.4 Å². The second-order valence-electron chi connectivity index (χ2n) is 13.0. The first-order valence-electron chi connectivity index (χ1n) is 15.2. The number of ether oxygens (including phenoxy) is 1. The Morgan fingerprint density at radius 2 is 1.33 bits per heavy atom. The largest absolute Gasteiger partial charge is 0.489 e. The van der Waals surface area contributed by atoms with Gasteiger partial charge in [0, 0.05) is 23.7 Å². The molecule has 4 aromatic rings. The first kappa shape index (κ1) is 31.7. The molecule has 7 nitrogen and oxygen atoms in total. The summed E-state index contributed by atoms with van der Waals surface area (Å²) < 4.78 is 6.05. The van der Waals surface area contributed by atoms with E-state index in [4.69, 9.17) is 4.74 Å². The lowest BCUT2D eigenvalue weighted by atomic mass is 9.61. The highest BCUT2D eigenvalue weighted by molar-refractivity contribution is 6.10. The summed E-state index contributed by atoms with van der Waals surface area (Å²) in [5.41, 5.74) is 2.30. The number of nitrogens with one attached hydrogen (secondary N) is 2. The molecule has 0 aliphatic heterocycles. The Labute approximate surface area is 264 Å². The van der Waals surface area contributed by atoms with Gasteiger partial charge in [0.1, 0.15) is 24.1 Å². The SMILES string of the molecule is CC(C)(C)c1ccc(COc2ccc(C3C(C(=O)Nc4ccccc4)C(=O)CC(C)(O)C3C(=O)Nc3ccccc3)cc2)cc1. The number of ketones is 1. The summed E-state index contributed by atoms with van der Waals surface area (Å²) in [6.07, 6.45) is -0.335. The van der Waals surface area contributed by atoms with E-state index in [1.807, 2.05) is 12.1 Å². The Morgan fingerprint density at radius 1 is 0.800 bits per heavy atom. The minimum atomic E-state index is -1.70. The van der Waals surface area contributed by atoms with Gasteiger partial charge in [-0.2, -0.15) is 0 Å². The highest BCUT2D eigenvalue weighted by Crippen LogP contribution is 2.47. The fourth-order valence-corrected chi connectivity index (χ4v) is 6.03. The number of anilines is 2. The topological polar surface area (TPSA) is 105 Å². The predicted molar refractivity (Wildman–Crippen MR) is 176 cm³/mol. The van der Waals surface area contributed by atoms with Crippen LogP contribution in [-0.2, 0) is 26.4 Å². The van der Waals surface area contributed by atoms with Crippen LogP contribution in [0, 0.1) is 11.8 Å². The number of rotatable bonds is 8. The second-order valence-corrected chi connectivity index (χ2v) is 13.0. The van der Waals surface area contributed by atoms with Crippen LogP contribution in [-0.4, -0.2) is 28.3 Å². The standard InChI is InChI=1S/C38H40N2O5/c1-37(2,3)27-19-15-25(16-20-27)24-45-30-21-17-26(18-22-30)32-33(35(42)39-28-11-7-5-8-12-28)31(41)23-38(4,44)34(32)36(43)40-29-13-9-6-10-14-29/h5-22,32-34,44H,23-24H2,1-4H3,(H,39,42)(H,40,43). The van der Waals surface area contributed by atoms with Gasteiger partial charge in [0.05, 0.1) is 11.5 Å². The average molecular weight is 605 g/mol. The molecule has 45 heavy (non-hydrogen) atoms. The van der Waals surface area contributed by atoms with Gasteiger partial charge < -0.3 is 20.5 Å². The summed E-state index contributed by atoms with van der Waals surface area (Å²) in [7, 11) is 0. The van der Waals surface area contributed by atoms with Crippen molar-refractivity contribution in [1.29, 1.82) is 0 Å². The van der Waals surface area contributed by atoms with Gasteiger partial charge in [-0.1, -0.05) is 93.6 Å². The molecule has 232 valence electrons. The number of carbonyl (C=O) groups excluding carboxylic acids is 3. The third kappa shape index (κ3) is 7.49. The maximum absolute atomic E-state index is 13.9. The first-order valence-corrected chi connectivity index (χ1v) is 15.2. The summed E-state index contributed by atoms with van der Waals surface area (Å²) in [6.45, 7) is 8.37. The van der Waals surface area contributed by atoms with Crippen molar-refractivity contribution in [3.63, 3.8) is 0 Å². The van der Waals surface area contributed by atoms with Gasteiger partial charge in [0.15, 0.2) is 0 Å². The highest BCUT2D eigenvalue weighted by atomic mass is 16.5. The summed E-state index contributed by atoms with van der Waals surface area (Å²) in [6, 6.07) is 33.2. The van der Waals surface area contributed by atoms with Gasteiger partial charge in [-0.3, -0.25) is 14.4 Å². The molecule has 2 amide bonds. The number of aliphatic hydroxyl groups is 1. The van der Waals surface area contributed by atoms with Crippen LogP contribution in [0.3, 0.4) is 0 Å². The molecule has 0 radical (unpaired) electrons. The molecule has 1 fully saturated rings. The maximum Gasteiger partial charge on any atom is 0.235 e. The van der Waals surface area contributed by atoms with Gasteiger partial charge >= 0.3 is 0 Å². The Morgan fingerprint density at radius 3 is 1.87 bits per heavy atom. The first-order chi connectivity index (χ1) is 21.4. The predicted octanol–water partition coefficient (Wildman–Crippen LogP) is 6.88. The van der Waals surface area contributed by atoms with Gasteiger partial charge in [-0.15, -0.1) is 0 Å². The monoisotopic (exact) mass is 604 g/mol. The Hall–Kier alpha value is -4.75. The van der Waals surface area contributed by atoms with Crippen molar-refractivity contribution in [1.82, 2.24) is 0 Å². The number of carbonyl (C=O) groups is 3. The van der Waals surface area contributed by atoms with E-state index in [0.717, 1.165) is 5.56 Å². The molecule has 0 heterocycles. The van der Waals surface area contributed by atoms with E-state index in [2.05, 4.69) is 55.7 Å². The van der Waals surface area contributed by atoms with Crippen LogP contribution in [0.5, 0.6) is 5.75 Å². The molecule has 0 aromatic heterocycles. The van der Waals surface area contributed by atoms with Crippen molar-refractivity contribution in [2.24, 2.45) is 11.8 Å². The number of hydrogen-bond acceptors (Lipinski definition) is 5. The van der Waals surface area contributed by atoms with Crippen molar-refractivity contribution in [3.05, 3.63) is 126 Å². The minimum absolute atomic E-state index is 0.0616. The van der Waals surface area contributed by atoms with Gasteiger partial charge in [0.2, 0.25) is 11.8 Å². The van der Waals surface area contributed by atoms with Crippen LogP contribution in [0.4, 0.5) is 11.4 Å². The van der Waals surface area contributed by atoms with Crippen molar-refractivity contribution < 1.29 is 24.2 Å². The molecular formula is C38H40N2O5. The molecule has 1 aliphatic rings. The molecule has 1 saturated carbocycles. The number of Topliss-reactive ketones (excluding diaryl/α,β-unsaturated/α-hetero) is 1. The van der Waals surface area contributed by atoms with Crippen molar-refractivity contribution in [2.75, 3.05) is 10.6 Å². The number of para-hydroxylation sites is 2. The molecular weight excluding hydrogens is 564 g/mol. The highest BCUT2D eigenvalue weighted by Gasteiger charge is 2.55. The van der Waals surface area contributed by atoms with E-state index in [1.165, 1.54) is 12.5 Å². The van der Waals surface area contributed by atoms with Gasteiger partial charge in [-0.25, -0.2) is 0 Å². The van der Waals surface area contributed by atoms with Crippen molar-refractivity contribution >= 4 is 29.0 Å². The Balaban J connectivity index is 1.44. The van der Waals surface area contributed by atoms with E-state index < -0.39 is 41.0 Å². The molecule has 5 rings (SSSR count). The average Bonchev–Trinajstić information content (AvgIpc) is 3.00. The Bertz CT molecular complexity index is 1630. The van der Waals surface area contributed by atoms with Crippen LogP contribution >= 0.6 is 0 Å². The zero-order chi connectivity index (χ0) is 32.2. The van der Waals surface area contributed by atoms with Gasteiger partial charge in [0.25, 0.3) is 0 Å². The normalized spacial score (nSPS) is 21.5. The van der Waals surface area contributed by atoms with Crippen LogP contribution in [0.15, 0.2) is 109 Å². The number of benzene rings is 4. The van der Waals surface area contributed by atoms with Crippen molar-refractivity contribution in [2.45, 2.75) is 57.7 Å². The fourth-order valence-electron chi connectivity index (χ4n) is 6.03. The maximum atomic E-state index is 13.9. The molecule has 3 N–H and O–H groups in total. The molecule has 4 atom stereocenters. The minimum Gasteiger partial charge on any atom is -0.489 e. The van der Waals surface area contributed by atoms with Crippen LogP contribution < -0.4 is 15.4 Å². The lowest BCUT2D eigenvalue weighted by molar-refractivity contribution is -0.150. The summed E-state index contributed by atoms with van der Waals surface area (Å²) in [5.74, 6) is -4.07. The summed E-state index contributed by atoms with van der Waals surface area (Å²) in [4.78, 5) is 41.2. The molecule has 7 heteroatoms. The van der Waals surface area contributed by atoms with Crippen LogP contribution in [0.1, 0.15) is 56.7 Å². The summed E-state index contributed by atoms with van der Waals surface area (Å²) in [5, 5.41) is 17.3. The third-order valence-electron chi connectivity index (χ3n) is 8.41. The quantitative estimate of drug-likeness (QED) is 0.190. The van der Waals surface area contributed by atoms with Crippen LogP contribution in [0.25, 0.3) is 0 Å². The van der Waals surface area contributed by atoms with E-state index in [0.29, 0.717) is 29.3 Å². The van der Waals surface area contributed by atoms with E-state index >= 15 is 0 Å². The zero-order valence-electron chi connectivity index (χ0n) is 26.1. The number of amides is 2. The van der Waals surface area contributed by atoms with E-state index in [9.17, 15) is 19.5 Å². The Kier molecular flexibility index (Phi) is 9.21. The molecule has 4 aromatic carbocycles. The van der Waals surface area contributed by atoms with Crippen LogP contribution in [0.2, 0.25) is 0 Å². The third-order valence-corrected chi connectivity index (χ3v) is 8.41. The smallest absolute Gasteiger partial charge is 0.235 e. The van der Waals surface area contributed by atoms with E-state index in [-0.39, 0.29) is 11.8 Å².